The number of hydrogen-bond donors (Lipinski definition) is 0. The van der Waals surface area contributed by atoms with Crippen molar-refractivity contribution in [3.05, 3.63) is 70.4 Å². The van der Waals surface area contributed by atoms with Crippen molar-refractivity contribution in [3.8, 4) is 5.75 Å². The van der Waals surface area contributed by atoms with Gasteiger partial charge in [-0.05, 0) is 62.6 Å². The highest BCUT2D eigenvalue weighted by atomic mass is 32.2. The minimum Gasteiger partial charge on any atom is -0.478 e. The van der Waals surface area contributed by atoms with Crippen LogP contribution in [0, 0.1) is 26.6 Å². The molecule has 0 aliphatic carbocycles. The van der Waals surface area contributed by atoms with Gasteiger partial charge in [-0.25, -0.2) is 4.39 Å². The third-order valence-electron chi connectivity index (χ3n) is 4.38. The van der Waals surface area contributed by atoms with Crippen LogP contribution >= 0.6 is 11.8 Å². The van der Waals surface area contributed by atoms with E-state index in [-0.39, 0.29) is 28.4 Å². The molecule has 0 unspecified atom stereocenters. The smallest absolute Gasteiger partial charge is 0.277 e. The Labute approximate surface area is 167 Å². The highest BCUT2D eigenvalue weighted by molar-refractivity contribution is 7.99. The van der Waals surface area contributed by atoms with Crippen molar-refractivity contribution in [2.24, 2.45) is 0 Å². The summed E-state index contributed by atoms with van der Waals surface area (Å²) < 4.78 is 24.8. The first kappa shape index (κ1) is 20.1. The van der Waals surface area contributed by atoms with E-state index in [0.29, 0.717) is 5.56 Å². The van der Waals surface area contributed by atoms with Gasteiger partial charge in [0.25, 0.3) is 11.1 Å². The molecule has 0 bridgehead atoms. The lowest BCUT2D eigenvalue weighted by atomic mass is 9.99. The summed E-state index contributed by atoms with van der Waals surface area (Å²) in [4.78, 5) is 12.5. The number of Topliss-reactive ketones (excluding diaryl/α,β-unsaturated/α-hetero) is 1. The van der Waals surface area contributed by atoms with Crippen LogP contribution in [0.2, 0.25) is 0 Å². The number of carbonyl (C=O) groups excluding carboxylic acids is 1. The van der Waals surface area contributed by atoms with E-state index in [2.05, 4.69) is 10.2 Å². The predicted octanol–water partition coefficient (Wildman–Crippen LogP) is 5.25. The van der Waals surface area contributed by atoms with Gasteiger partial charge in [-0.1, -0.05) is 30.0 Å². The molecule has 28 heavy (non-hydrogen) atoms. The van der Waals surface area contributed by atoms with Crippen molar-refractivity contribution in [2.75, 3.05) is 5.75 Å². The SMILES string of the molecule is Cc1cc(C)c(C(=O)CSc2nnc([C@@H](C)Oc3ccccc3F)o2)cc1C. The van der Waals surface area contributed by atoms with Gasteiger partial charge in [0.15, 0.2) is 23.5 Å². The average molecular weight is 400 g/mol. The summed E-state index contributed by atoms with van der Waals surface area (Å²) in [6, 6.07) is 10.0. The largest absolute Gasteiger partial charge is 0.478 e. The fraction of sp³-hybridized carbons (Fsp3) is 0.286. The van der Waals surface area contributed by atoms with E-state index in [0.717, 1.165) is 16.7 Å². The van der Waals surface area contributed by atoms with Crippen LogP contribution in [-0.2, 0) is 0 Å². The summed E-state index contributed by atoms with van der Waals surface area (Å²) in [5, 5.41) is 8.15. The van der Waals surface area contributed by atoms with Crippen LogP contribution in [0.15, 0.2) is 46.0 Å². The quantitative estimate of drug-likeness (QED) is 0.399. The molecule has 0 amide bonds. The van der Waals surface area contributed by atoms with Gasteiger partial charge < -0.3 is 9.15 Å². The molecule has 5 nitrogen and oxygen atoms in total. The summed E-state index contributed by atoms with van der Waals surface area (Å²) in [6.45, 7) is 7.63. The second-order valence-corrected chi connectivity index (χ2v) is 7.49. The van der Waals surface area contributed by atoms with Gasteiger partial charge in [0, 0.05) is 5.56 Å². The third-order valence-corrected chi connectivity index (χ3v) is 5.20. The number of hydrogen-bond acceptors (Lipinski definition) is 6. The number of aromatic nitrogens is 2. The Morgan fingerprint density at radius 1 is 1.14 bits per heavy atom. The summed E-state index contributed by atoms with van der Waals surface area (Å²) >= 11 is 1.17. The minimum atomic E-state index is -0.614. The monoisotopic (exact) mass is 400 g/mol. The van der Waals surface area contributed by atoms with Crippen molar-refractivity contribution >= 4 is 17.5 Å². The van der Waals surface area contributed by atoms with Gasteiger partial charge in [0.1, 0.15) is 0 Å². The van der Waals surface area contributed by atoms with Crippen molar-refractivity contribution in [1.29, 1.82) is 0 Å². The lowest BCUT2D eigenvalue weighted by Gasteiger charge is -2.11. The van der Waals surface area contributed by atoms with Crippen LogP contribution in [0.25, 0.3) is 0 Å². The molecule has 0 aliphatic heterocycles. The van der Waals surface area contributed by atoms with Crippen molar-refractivity contribution in [2.45, 2.75) is 39.0 Å². The molecule has 3 rings (SSSR count). The molecule has 146 valence electrons. The molecule has 7 heteroatoms. The lowest BCUT2D eigenvalue weighted by molar-refractivity contribution is 0.102. The zero-order chi connectivity index (χ0) is 20.3. The number of para-hydroxylation sites is 1. The highest BCUT2D eigenvalue weighted by Crippen LogP contribution is 2.26. The molecular formula is C21H21FN2O3S. The molecule has 0 spiro atoms. The summed E-state index contributed by atoms with van der Waals surface area (Å²) in [5.41, 5.74) is 3.89. The first-order chi connectivity index (χ1) is 13.3. The minimum absolute atomic E-state index is 0.000931. The maximum Gasteiger partial charge on any atom is 0.277 e. The molecular weight excluding hydrogens is 379 g/mol. The average Bonchev–Trinajstić information content (AvgIpc) is 3.14. The predicted molar refractivity (Wildman–Crippen MR) is 105 cm³/mol. The van der Waals surface area contributed by atoms with E-state index in [1.54, 1.807) is 19.1 Å². The molecule has 0 radical (unpaired) electrons. The Morgan fingerprint density at radius 3 is 2.61 bits per heavy atom. The third kappa shape index (κ3) is 4.59. The molecule has 1 atom stereocenters. The van der Waals surface area contributed by atoms with Gasteiger partial charge in [-0.3, -0.25) is 4.79 Å². The standard InChI is InChI=1S/C21H21FN2O3S/c1-12-9-14(3)16(10-13(12)2)18(25)11-28-21-24-23-20(27-21)15(4)26-19-8-6-5-7-17(19)22/h5-10,15H,11H2,1-4H3/t15-/m1/s1. The van der Waals surface area contributed by atoms with E-state index < -0.39 is 11.9 Å². The summed E-state index contributed by atoms with van der Waals surface area (Å²) in [5.74, 6) is 0.0650. The maximum absolute atomic E-state index is 13.7. The van der Waals surface area contributed by atoms with Crippen LogP contribution < -0.4 is 4.74 Å². The first-order valence-electron chi connectivity index (χ1n) is 8.83. The van der Waals surface area contributed by atoms with Gasteiger partial charge in [-0.15, -0.1) is 10.2 Å². The number of ether oxygens (including phenoxy) is 1. The van der Waals surface area contributed by atoms with Crippen molar-refractivity contribution in [1.82, 2.24) is 10.2 Å². The van der Waals surface area contributed by atoms with E-state index in [1.807, 2.05) is 32.9 Å². The van der Waals surface area contributed by atoms with Gasteiger partial charge in [0.2, 0.25) is 0 Å². The van der Waals surface area contributed by atoms with Gasteiger partial charge >= 0.3 is 0 Å². The molecule has 1 heterocycles. The summed E-state index contributed by atoms with van der Waals surface area (Å²) in [6.07, 6.45) is -0.614. The Kier molecular flexibility index (Phi) is 6.14. The normalized spacial score (nSPS) is 12.0. The van der Waals surface area contributed by atoms with Crippen LogP contribution in [0.5, 0.6) is 5.75 Å². The molecule has 1 aromatic heterocycles. The lowest BCUT2D eigenvalue weighted by Crippen LogP contribution is -2.06. The Hall–Kier alpha value is -2.67. The van der Waals surface area contributed by atoms with E-state index >= 15 is 0 Å². The fourth-order valence-corrected chi connectivity index (χ4v) is 3.34. The molecule has 2 aromatic carbocycles. The van der Waals surface area contributed by atoms with E-state index in [1.165, 1.54) is 23.9 Å². The molecule has 3 aromatic rings. The van der Waals surface area contributed by atoms with E-state index in [9.17, 15) is 9.18 Å². The van der Waals surface area contributed by atoms with Crippen molar-refractivity contribution in [3.63, 3.8) is 0 Å². The second-order valence-electron chi connectivity index (χ2n) is 6.56. The number of aryl methyl sites for hydroxylation is 3. The first-order valence-corrected chi connectivity index (χ1v) is 9.82. The number of halogens is 1. The number of nitrogens with zero attached hydrogens (tertiary/aromatic N) is 2. The zero-order valence-corrected chi connectivity index (χ0v) is 17.0. The van der Waals surface area contributed by atoms with Gasteiger partial charge in [-0.2, -0.15) is 0 Å². The Bertz CT molecular complexity index is 1000. The maximum atomic E-state index is 13.7. The van der Waals surface area contributed by atoms with Crippen LogP contribution in [0.1, 0.15) is 46.0 Å². The summed E-state index contributed by atoms with van der Waals surface area (Å²) in [7, 11) is 0. The second kappa shape index (κ2) is 8.56. The Balaban J connectivity index is 1.62. The molecule has 0 N–H and O–H groups in total. The highest BCUT2D eigenvalue weighted by Gasteiger charge is 2.19. The number of thioether (sulfide) groups is 1. The zero-order valence-electron chi connectivity index (χ0n) is 16.2. The molecule has 0 saturated heterocycles. The van der Waals surface area contributed by atoms with E-state index in [4.69, 9.17) is 9.15 Å². The van der Waals surface area contributed by atoms with Crippen LogP contribution in [-0.4, -0.2) is 21.7 Å². The molecule has 0 fully saturated rings. The Morgan fingerprint density at radius 2 is 1.86 bits per heavy atom. The molecule has 0 saturated carbocycles. The number of carbonyl (C=O) groups is 1. The van der Waals surface area contributed by atoms with Crippen LogP contribution in [0.4, 0.5) is 4.39 Å². The van der Waals surface area contributed by atoms with Crippen molar-refractivity contribution < 1.29 is 18.3 Å². The number of ketones is 1. The topological polar surface area (TPSA) is 65.2 Å². The number of benzene rings is 2. The fourth-order valence-electron chi connectivity index (χ4n) is 2.69. The molecule has 0 aliphatic rings. The van der Waals surface area contributed by atoms with Gasteiger partial charge in [0.05, 0.1) is 5.75 Å². The number of rotatable bonds is 7. The van der Waals surface area contributed by atoms with Crippen LogP contribution in [0.3, 0.4) is 0 Å².